The number of hydrogen-bond donors (Lipinski definition) is 1. The minimum atomic E-state index is -0.511. The number of fused-ring (bicyclic) bond motifs is 1. The maximum absolute atomic E-state index is 13.9. The second kappa shape index (κ2) is 10.9. The summed E-state index contributed by atoms with van der Waals surface area (Å²) in [7, 11) is 1.67. The summed E-state index contributed by atoms with van der Waals surface area (Å²) in [6.45, 7) is 12.2. The number of nitrogens with one attached hydrogen (secondary N) is 1. The Bertz CT molecular complexity index is 1510. The van der Waals surface area contributed by atoms with Gasteiger partial charge < -0.3 is 14.5 Å². The van der Waals surface area contributed by atoms with Crippen LogP contribution in [0.3, 0.4) is 0 Å². The average Bonchev–Trinajstić information content (AvgIpc) is 3.58. The number of rotatable bonds is 8. The number of nitrogens with zero attached hydrogens (tertiary/aromatic N) is 5. The Hall–Kier alpha value is -3.56. The SMILES string of the molecule is COc1cccc(CN(C[C@H]2CCCO2)[C@@H](c2cc3cc(C)cc(C)c3[nH]c2=O)c2nnnn2C(C)(C)C)c1. The zero-order valence-electron chi connectivity index (χ0n) is 23.7. The van der Waals surface area contributed by atoms with Crippen LogP contribution < -0.4 is 10.3 Å². The normalized spacial score (nSPS) is 16.7. The zero-order valence-corrected chi connectivity index (χ0v) is 23.7. The molecule has 9 nitrogen and oxygen atoms in total. The van der Waals surface area contributed by atoms with Gasteiger partial charge in [0.25, 0.3) is 5.56 Å². The van der Waals surface area contributed by atoms with E-state index in [0.717, 1.165) is 52.8 Å². The van der Waals surface area contributed by atoms with E-state index in [0.29, 0.717) is 24.5 Å². The number of benzene rings is 2. The van der Waals surface area contributed by atoms with Crippen molar-refractivity contribution in [1.82, 2.24) is 30.1 Å². The lowest BCUT2D eigenvalue weighted by Gasteiger charge is -2.34. The minimum absolute atomic E-state index is 0.0566. The topological polar surface area (TPSA) is 98.2 Å². The van der Waals surface area contributed by atoms with Crippen LogP contribution in [0, 0.1) is 13.8 Å². The van der Waals surface area contributed by atoms with E-state index >= 15 is 0 Å². The van der Waals surface area contributed by atoms with Crippen LogP contribution in [0.15, 0.2) is 47.3 Å². The van der Waals surface area contributed by atoms with Crippen molar-refractivity contribution in [2.45, 2.75) is 71.7 Å². The fourth-order valence-electron chi connectivity index (χ4n) is 5.56. The summed E-state index contributed by atoms with van der Waals surface area (Å²) in [5.74, 6) is 1.41. The van der Waals surface area contributed by atoms with Gasteiger partial charge >= 0.3 is 0 Å². The molecule has 9 heteroatoms. The summed E-state index contributed by atoms with van der Waals surface area (Å²) in [6, 6.07) is 13.7. The average molecular weight is 531 g/mol. The highest BCUT2D eigenvalue weighted by Crippen LogP contribution is 2.33. The molecule has 0 unspecified atom stereocenters. The predicted octanol–water partition coefficient (Wildman–Crippen LogP) is 4.67. The zero-order chi connectivity index (χ0) is 27.7. The predicted molar refractivity (Wildman–Crippen MR) is 151 cm³/mol. The Balaban J connectivity index is 1.71. The summed E-state index contributed by atoms with van der Waals surface area (Å²) >= 11 is 0. The number of pyridine rings is 1. The van der Waals surface area contributed by atoms with Gasteiger partial charge in [-0.05, 0) is 98.7 Å². The highest BCUT2D eigenvalue weighted by atomic mass is 16.5. The van der Waals surface area contributed by atoms with Crippen LogP contribution in [-0.2, 0) is 16.8 Å². The van der Waals surface area contributed by atoms with Gasteiger partial charge in [-0.2, -0.15) is 0 Å². The number of aromatic amines is 1. The molecule has 1 saturated heterocycles. The van der Waals surface area contributed by atoms with Crippen molar-refractivity contribution in [3.05, 3.63) is 80.9 Å². The fraction of sp³-hybridized carbons (Fsp3) is 0.467. The van der Waals surface area contributed by atoms with Crippen molar-refractivity contribution < 1.29 is 9.47 Å². The minimum Gasteiger partial charge on any atom is -0.497 e. The smallest absolute Gasteiger partial charge is 0.253 e. The molecule has 1 aliphatic heterocycles. The quantitative estimate of drug-likeness (QED) is 0.354. The Morgan fingerprint density at radius 3 is 2.74 bits per heavy atom. The van der Waals surface area contributed by atoms with Gasteiger partial charge in [0.05, 0.1) is 24.3 Å². The maximum atomic E-state index is 13.9. The molecule has 2 aromatic carbocycles. The number of ether oxygens (including phenoxy) is 2. The Kier molecular flexibility index (Phi) is 7.55. The monoisotopic (exact) mass is 530 g/mol. The van der Waals surface area contributed by atoms with Crippen molar-refractivity contribution in [2.75, 3.05) is 20.3 Å². The summed E-state index contributed by atoms with van der Waals surface area (Å²) < 4.78 is 13.4. The first kappa shape index (κ1) is 27.0. The van der Waals surface area contributed by atoms with Gasteiger partial charge in [-0.25, -0.2) is 4.68 Å². The number of hydrogen-bond acceptors (Lipinski definition) is 7. The molecule has 2 atom stereocenters. The van der Waals surface area contributed by atoms with Crippen LogP contribution in [-0.4, -0.2) is 56.5 Å². The van der Waals surface area contributed by atoms with Gasteiger partial charge in [0.15, 0.2) is 5.82 Å². The van der Waals surface area contributed by atoms with Crippen molar-refractivity contribution in [3.8, 4) is 5.75 Å². The second-order valence-electron chi connectivity index (χ2n) is 11.5. The van der Waals surface area contributed by atoms with E-state index in [9.17, 15) is 4.79 Å². The molecular formula is C30H38N6O3. The molecule has 5 rings (SSSR count). The van der Waals surface area contributed by atoms with E-state index in [2.05, 4.69) is 71.3 Å². The van der Waals surface area contributed by atoms with Crippen LogP contribution in [0.25, 0.3) is 10.9 Å². The van der Waals surface area contributed by atoms with Crippen LogP contribution in [0.4, 0.5) is 0 Å². The third-order valence-corrected chi connectivity index (χ3v) is 7.34. The Labute approximate surface area is 229 Å². The molecule has 0 bridgehead atoms. The van der Waals surface area contributed by atoms with Crippen LogP contribution in [0.1, 0.15) is 67.7 Å². The van der Waals surface area contributed by atoms with Crippen LogP contribution in [0.5, 0.6) is 5.75 Å². The van der Waals surface area contributed by atoms with Crippen molar-refractivity contribution in [2.24, 2.45) is 0 Å². The van der Waals surface area contributed by atoms with E-state index in [1.807, 2.05) is 35.9 Å². The van der Waals surface area contributed by atoms with E-state index in [-0.39, 0.29) is 17.2 Å². The van der Waals surface area contributed by atoms with Crippen LogP contribution >= 0.6 is 0 Å². The van der Waals surface area contributed by atoms with Crippen molar-refractivity contribution in [1.29, 1.82) is 0 Å². The van der Waals surface area contributed by atoms with Gasteiger partial charge in [0.1, 0.15) is 11.8 Å². The molecule has 0 saturated carbocycles. The number of aromatic nitrogens is 5. The Morgan fingerprint density at radius 1 is 1.21 bits per heavy atom. The number of aryl methyl sites for hydroxylation is 2. The highest BCUT2D eigenvalue weighted by Gasteiger charge is 2.35. The molecule has 39 heavy (non-hydrogen) atoms. The molecule has 2 aromatic heterocycles. The first-order valence-electron chi connectivity index (χ1n) is 13.6. The van der Waals surface area contributed by atoms with Crippen molar-refractivity contribution >= 4 is 10.9 Å². The lowest BCUT2D eigenvalue weighted by atomic mass is 9.98. The standard InChI is InChI=1S/C30H38N6O3/c1-19-13-20(2)26-22(14-19)16-25(29(37)31-26)27(28-32-33-34-36(28)30(3,4)5)35(18-24-11-8-12-39-24)17-21-9-7-10-23(15-21)38-6/h7,9-10,13-16,24,27H,8,11-12,17-18H2,1-6H3,(H,31,37)/t24-,27+/m1/s1. The van der Waals surface area contributed by atoms with Crippen molar-refractivity contribution in [3.63, 3.8) is 0 Å². The molecular weight excluding hydrogens is 492 g/mol. The van der Waals surface area contributed by atoms with Gasteiger partial charge in [-0.1, -0.05) is 23.8 Å². The molecule has 1 N–H and O–H groups in total. The third kappa shape index (κ3) is 5.74. The van der Waals surface area contributed by atoms with Crippen LogP contribution in [0.2, 0.25) is 0 Å². The number of H-pyrrole nitrogens is 1. The number of methoxy groups -OCH3 is 1. The van der Waals surface area contributed by atoms with E-state index < -0.39 is 6.04 Å². The third-order valence-electron chi connectivity index (χ3n) is 7.34. The maximum Gasteiger partial charge on any atom is 0.253 e. The lowest BCUT2D eigenvalue weighted by Crippen LogP contribution is -2.40. The molecule has 1 aliphatic rings. The Morgan fingerprint density at radius 2 is 2.03 bits per heavy atom. The fourth-order valence-corrected chi connectivity index (χ4v) is 5.56. The highest BCUT2D eigenvalue weighted by molar-refractivity contribution is 5.83. The molecule has 0 aliphatic carbocycles. The van der Waals surface area contributed by atoms with Gasteiger partial charge in [0, 0.05) is 25.3 Å². The molecule has 0 amide bonds. The first-order chi connectivity index (χ1) is 18.6. The molecule has 4 aromatic rings. The largest absolute Gasteiger partial charge is 0.497 e. The molecule has 3 heterocycles. The summed E-state index contributed by atoms with van der Waals surface area (Å²) in [4.78, 5) is 19.3. The summed E-state index contributed by atoms with van der Waals surface area (Å²) in [5.41, 5.74) is 4.16. The summed E-state index contributed by atoms with van der Waals surface area (Å²) in [5, 5.41) is 14.0. The molecule has 1 fully saturated rings. The number of tetrazole rings is 1. The molecule has 0 radical (unpaired) electrons. The van der Waals surface area contributed by atoms with Gasteiger partial charge in [0.2, 0.25) is 0 Å². The van der Waals surface area contributed by atoms with E-state index in [1.165, 1.54) is 0 Å². The summed E-state index contributed by atoms with van der Waals surface area (Å²) in [6.07, 6.45) is 2.05. The van der Waals surface area contributed by atoms with E-state index in [4.69, 9.17) is 9.47 Å². The van der Waals surface area contributed by atoms with Gasteiger partial charge in [-0.15, -0.1) is 5.10 Å². The lowest BCUT2D eigenvalue weighted by molar-refractivity contribution is 0.0564. The second-order valence-corrected chi connectivity index (χ2v) is 11.5. The van der Waals surface area contributed by atoms with Gasteiger partial charge in [-0.3, -0.25) is 9.69 Å². The van der Waals surface area contributed by atoms with E-state index in [1.54, 1.807) is 7.11 Å². The molecule has 0 spiro atoms. The molecule has 206 valence electrons. The first-order valence-corrected chi connectivity index (χ1v) is 13.6.